The first kappa shape index (κ1) is 23.7. The molecule has 2 aromatic carbocycles. The van der Waals surface area contributed by atoms with Crippen molar-refractivity contribution in [3.63, 3.8) is 0 Å². The van der Waals surface area contributed by atoms with E-state index >= 15 is 0 Å². The summed E-state index contributed by atoms with van der Waals surface area (Å²) >= 11 is 18.7. The Morgan fingerprint density at radius 1 is 0.971 bits per heavy atom. The van der Waals surface area contributed by atoms with Crippen molar-refractivity contribution < 1.29 is 4.74 Å². The molecule has 2 aromatic heterocycles. The second kappa shape index (κ2) is 9.53. The molecule has 1 fully saturated rings. The van der Waals surface area contributed by atoms with E-state index in [0.717, 1.165) is 39.8 Å². The minimum absolute atomic E-state index is 0.164. The summed E-state index contributed by atoms with van der Waals surface area (Å²) in [4.78, 5) is 6.79. The van der Waals surface area contributed by atoms with Gasteiger partial charge in [-0.2, -0.15) is 0 Å². The lowest BCUT2D eigenvalue weighted by molar-refractivity contribution is 0.414. The predicted octanol–water partition coefficient (Wildman–Crippen LogP) is 6.98. The number of nitrogens with one attached hydrogen (secondary N) is 1. The van der Waals surface area contributed by atoms with Crippen LogP contribution in [0.25, 0.3) is 5.69 Å². The highest BCUT2D eigenvalue weighted by atomic mass is 35.5. The van der Waals surface area contributed by atoms with Gasteiger partial charge in [0.15, 0.2) is 5.11 Å². The van der Waals surface area contributed by atoms with Crippen LogP contribution in [0, 0.1) is 13.8 Å². The molecule has 1 saturated heterocycles. The van der Waals surface area contributed by atoms with Gasteiger partial charge in [0.25, 0.3) is 0 Å². The Kier molecular flexibility index (Phi) is 6.45. The van der Waals surface area contributed by atoms with Gasteiger partial charge in [-0.05, 0) is 80.2 Å². The summed E-state index contributed by atoms with van der Waals surface area (Å²) in [6.45, 7) is 4.18. The van der Waals surface area contributed by atoms with Crippen molar-refractivity contribution in [2.45, 2.75) is 25.9 Å². The number of hydrogen-bond donors (Lipinski definition) is 1. The number of anilines is 1. The molecule has 8 heteroatoms. The van der Waals surface area contributed by atoms with Crippen LogP contribution in [0.4, 0.5) is 5.69 Å². The molecule has 1 aliphatic heterocycles. The van der Waals surface area contributed by atoms with Crippen LogP contribution in [0.3, 0.4) is 0 Å². The third kappa shape index (κ3) is 4.16. The van der Waals surface area contributed by atoms with E-state index in [1.807, 2.05) is 54.6 Å². The van der Waals surface area contributed by atoms with Crippen LogP contribution in [-0.4, -0.2) is 21.8 Å². The lowest BCUT2D eigenvalue weighted by atomic mass is 9.96. The Morgan fingerprint density at radius 2 is 1.74 bits per heavy atom. The highest BCUT2D eigenvalue weighted by Crippen LogP contribution is 2.46. The van der Waals surface area contributed by atoms with Crippen LogP contribution < -0.4 is 15.0 Å². The zero-order chi connectivity index (χ0) is 24.7. The molecule has 178 valence electrons. The normalized spacial score (nSPS) is 17.5. The summed E-state index contributed by atoms with van der Waals surface area (Å²) in [6, 6.07) is 21.3. The van der Waals surface area contributed by atoms with Crippen molar-refractivity contribution in [2.24, 2.45) is 0 Å². The van der Waals surface area contributed by atoms with Gasteiger partial charge >= 0.3 is 0 Å². The quantitative estimate of drug-likeness (QED) is 0.286. The standard InChI is InChI=1S/C27H24Cl2N4OS/c1-16-14-19(17(2)32(16)22-12-11-18(28)15-20(22)29)26-25(21-8-6-7-13-30-21)31-27(35)33(26)23-9-4-5-10-24(23)34-3/h4-15,25-26H,1-3H3,(H,31,35)/t25-,26-/m1/s1. The number of methoxy groups -OCH3 is 1. The van der Waals surface area contributed by atoms with E-state index < -0.39 is 0 Å². The van der Waals surface area contributed by atoms with E-state index in [2.05, 4.69) is 39.7 Å². The summed E-state index contributed by atoms with van der Waals surface area (Å²) in [5, 5.41) is 5.33. The number of benzene rings is 2. The highest BCUT2D eigenvalue weighted by Gasteiger charge is 2.43. The number of thiocarbonyl (C=S) groups is 1. The number of nitrogens with zero attached hydrogens (tertiary/aromatic N) is 3. The zero-order valence-corrected chi connectivity index (χ0v) is 21.8. The van der Waals surface area contributed by atoms with Crippen LogP contribution in [0.2, 0.25) is 10.0 Å². The Labute approximate surface area is 220 Å². The van der Waals surface area contributed by atoms with Crippen molar-refractivity contribution in [1.82, 2.24) is 14.9 Å². The Hall–Kier alpha value is -3.06. The molecule has 4 aromatic rings. The maximum Gasteiger partial charge on any atom is 0.174 e. The third-order valence-electron chi connectivity index (χ3n) is 6.38. The maximum absolute atomic E-state index is 6.61. The van der Waals surface area contributed by atoms with Crippen molar-refractivity contribution in [3.05, 3.63) is 106 Å². The molecule has 0 unspecified atom stereocenters. The molecule has 0 saturated carbocycles. The van der Waals surface area contributed by atoms with Gasteiger partial charge < -0.3 is 19.5 Å². The molecule has 5 nitrogen and oxygen atoms in total. The maximum atomic E-state index is 6.61. The van der Waals surface area contributed by atoms with E-state index in [1.54, 1.807) is 19.4 Å². The number of hydrogen-bond acceptors (Lipinski definition) is 3. The van der Waals surface area contributed by atoms with Gasteiger partial charge in [0.1, 0.15) is 5.75 Å². The minimum Gasteiger partial charge on any atom is -0.495 e. The summed E-state index contributed by atoms with van der Waals surface area (Å²) in [5.41, 5.74) is 5.91. The van der Waals surface area contributed by atoms with Gasteiger partial charge in [0, 0.05) is 22.6 Å². The number of rotatable bonds is 5. The number of para-hydroxylation sites is 2. The summed E-state index contributed by atoms with van der Waals surface area (Å²) in [6.07, 6.45) is 1.81. The van der Waals surface area contributed by atoms with Gasteiger partial charge in [-0.1, -0.05) is 41.4 Å². The Bertz CT molecular complexity index is 1410. The van der Waals surface area contributed by atoms with Gasteiger partial charge in [0.2, 0.25) is 0 Å². The average molecular weight is 523 g/mol. The first-order chi connectivity index (χ1) is 16.9. The molecule has 2 atom stereocenters. The van der Waals surface area contributed by atoms with Crippen LogP contribution in [-0.2, 0) is 0 Å². The van der Waals surface area contributed by atoms with Crippen molar-refractivity contribution in [2.75, 3.05) is 12.0 Å². The third-order valence-corrected chi connectivity index (χ3v) is 7.23. The summed E-state index contributed by atoms with van der Waals surface area (Å²) in [7, 11) is 1.67. The van der Waals surface area contributed by atoms with Crippen molar-refractivity contribution in [3.8, 4) is 11.4 Å². The highest BCUT2D eigenvalue weighted by molar-refractivity contribution is 7.80. The molecule has 0 radical (unpaired) electrons. The molecule has 0 aliphatic carbocycles. The van der Waals surface area contributed by atoms with Crippen LogP contribution in [0.5, 0.6) is 5.75 Å². The van der Waals surface area contributed by atoms with Gasteiger partial charge in [0.05, 0.1) is 41.3 Å². The monoisotopic (exact) mass is 522 g/mol. The second-order valence-corrected chi connectivity index (χ2v) is 9.66. The molecule has 0 spiro atoms. The number of pyridine rings is 1. The molecule has 0 bridgehead atoms. The lowest BCUT2D eigenvalue weighted by Crippen LogP contribution is -2.30. The fourth-order valence-corrected chi connectivity index (χ4v) is 5.71. The first-order valence-corrected chi connectivity index (χ1v) is 12.3. The largest absolute Gasteiger partial charge is 0.495 e. The molecule has 0 amide bonds. The van der Waals surface area contributed by atoms with Crippen molar-refractivity contribution in [1.29, 1.82) is 0 Å². The van der Waals surface area contributed by atoms with Gasteiger partial charge in [-0.15, -0.1) is 0 Å². The molecule has 3 heterocycles. The molecule has 1 aliphatic rings. The first-order valence-electron chi connectivity index (χ1n) is 11.2. The smallest absolute Gasteiger partial charge is 0.174 e. The average Bonchev–Trinajstić information content (AvgIpc) is 3.35. The van der Waals surface area contributed by atoms with Gasteiger partial charge in [-0.3, -0.25) is 4.98 Å². The predicted molar refractivity (Wildman–Crippen MR) is 146 cm³/mol. The number of halogens is 2. The van der Waals surface area contributed by atoms with Crippen LogP contribution >= 0.6 is 35.4 Å². The van der Waals surface area contributed by atoms with Gasteiger partial charge in [-0.25, -0.2) is 0 Å². The van der Waals surface area contributed by atoms with E-state index in [1.165, 1.54) is 0 Å². The van der Waals surface area contributed by atoms with E-state index in [4.69, 9.17) is 40.2 Å². The topological polar surface area (TPSA) is 42.3 Å². The fourth-order valence-electron chi connectivity index (χ4n) is 4.88. The second-order valence-electron chi connectivity index (χ2n) is 8.43. The Morgan fingerprint density at radius 3 is 2.46 bits per heavy atom. The van der Waals surface area contributed by atoms with Crippen LogP contribution in [0.15, 0.2) is 72.9 Å². The molecular formula is C27H24Cl2N4OS. The number of aryl methyl sites for hydroxylation is 1. The number of aromatic nitrogens is 2. The van der Waals surface area contributed by atoms with Crippen LogP contribution in [0.1, 0.15) is 34.7 Å². The van der Waals surface area contributed by atoms with E-state index in [-0.39, 0.29) is 12.1 Å². The molecule has 1 N–H and O–H groups in total. The SMILES string of the molecule is COc1ccccc1N1C(=S)N[C@H](c2ccccn2)[C@H]1c1cc(C)n(-c2ccc(Cl)cc2Cl)c1C. The fraction of sp³-hybridized carbons (Fsp3) is 0.185. The summed E-state index contributed by atoms with van der Waals surface area (Å²) < 4.78 is 7.86. The minimum atomic E-state index is -0.167. The zero-order valence-electron chi connectivity index (χ0n) is 19.5. The summed E-state index contributed by atoms with van der Waals surface area (Å²) in [5.74, 6) is 0.748. The van der Waals surface area contributed by atoms with Crippen molar-refractivity contribution >= 4 is 46.2 Å². The molecule has 35 heavy (non-hydrogen) atoms. The Balaban J connectivity index is 1.71. The van der Waals surface area contributed by atoms with E-state index in [9.17, 15) is 0 Å². The van der Waals surface area contributed by atoms with E-state index in [0.29, 0.717) is 15.2 Å². The molecule has 5 rings (SSSR count). The lowest BCUT2D eigenvalue weighted by Gasteiger charge is -2.29. The number of ether oxygens (including phenoxy) is 1. The molecular weight excluding hydrogens is 499 g/mol.